The lowest BCUT2D eigenvalue weighted by molar-refractivity contribution is 0.268. The first kappa shape index (κ1) is 23.5. The van der Waals surface area contributed by atoms with Gasteiger partial charge in [0.1, 0.15) is 0 Å². The molecule has 5 rings (SSSR count). The molecule has 0 aromatic heterocycles. The maximum atomic E-state index is 12.8. The van der Waals surface area contributed by atoms with Gasteiger partial charge in [0.05, 0.1) is 4.90 Å². The molecule has 2 aliphatic carbocycles. The second-order valence-electron chi connectivity index (χ2n) is 10.2. The first-order chi connectivity index (χ1) is 16.6. The quantitative estimate of drug-likeness (QED) is 0.445. The van der Waals surface area contributed by atoms with Crippen molar-refractivity contribution in [1.82, 2.24) is 10.0 Å². The molecular formula is C29H36N2O2S. The SMILES string of the molecule is O=S(=O)(NCC1CCC(CNCc2ccc3c(c2)CCCC3)CC1)c1ccc2ccccc2c1. The normalized spacial score (nSPS) is 20.8. The maximum Gasteiger partial charge on any atom is 0.240 e. The molecule has 3 aromatic carbocycles. The molecule has 34 heavy (non-hydrogen) atoms. The Labute approximate surface area is 204 Å². The Morgan fingerprint density at radius 3 is 2.24 bits per heavy atom. The Kier molecular flexibility index (Phi) is 7.33. The van der Waals surface area contributed by atoms with E-state index in [0.29, 0.717) is 23.3 Å². The van der Waals surface area contributed by atoms with Crippen molar-refractivity contribution >= 4 is 20.8 Å². The molecule has 1 saturated carbocycles. The molecule has 2 N–H and O–H groups in total. The van der Waals surface area contributed by atoms with E-state index in [2.05, 4.69) is 28.2 Å². The highest BCUT2D eigenvalue weighted by Crippen LogP contribution is 2.29. The summed E-state index contributed by atoms with van der Waals surface area (Å²) in [5.74, 6) is 1.11. The average molecular weight is 477 g/mol. The van der Waals surface area contributed by atoms with E-state index in [9.17, 15) is 8.42 Å². The minimum Gasteiger partial charge on any atom is -0.312 e. The van der Waals surface area contributed by atoms with Gasteiger partial charge in [0, 0.05) is 13.1 Å². The van der Waals surface area contributed by atoms with E-state index in [1.54, 1.807) is 23.3 Å². The Balaban J connectivity index is 1.05. The molecule has 0 saturated heterocycles. The molecule has 0 radical (unpaired) electrons. The fourth-order valence-corrected chi connectivity index (χ4v) is 6.75. The summed E-state index contributed by atoms with van der Waals surface area (Å²) < 4.78 is 28.5. The van der Waals surface area contributed by atoms with Crippen LogP contribution in [0.1, 0.15) is 55.2 Å². The Morgan fingerprint density at radius 2 is 1.44 bits per heavy atom. The number of hydrogen-bond donors (Lipinski definition) is 2. The van der Waals surface area contributed by atoms with Crippen LogP contribution in [0.3, 0.4) is 0 Å². The standard InChI is InChI=1S/C29H36N2O2S/c32-34(33,29-16-15-26-6-2-4-8-28(26)18-29)31-21-23-11-9-22(10-12-23)19-30-20-24-13-14-25-5-1-3-7-27(25)17-24/h2,4,6,8,13-18,22-23,30-31H,1,3,5,7,9-12,19-21H2. The van der Waals surface area contributed by atoms with E-state index in [-0.39, 0.29) is 0 Å². The van der Waals surface area contributed by atoms with Crippen molar-refractivity contribution in [1.29, 1.82) is 0 Å². The minimum atomic E-state index is -3.48. The van der Waals surface area contributed by atoms with E-state index < -0.39 is 10.0 Å². The summed E-state index contributed by atoms with van der Waals surface area (Å²) in [5.41, 5.74) is 4.50. The van der Waals surface area contributed by atoms with Gasteiger partial charge in [-0.2, -0.15) is 0 Å². The summed E-state index contributed by atoms with van der Waals surface area (Å²) in [6, 6.07) is 20.2. The number of benzene rings is 3. The van der Waals surface area contributed by atoms with Crippen LogP contribution >= 0.6 is 0 Å². The average Bonchev–Trinajstić information content (AvgIpc) is 2.88. The maximum absolute atomic E-state index is 12.8. The third-order valence-corrected chi connectivity index (χ3v) is 9.16. The van der Waals surface area contributed by atoms with E-state index >= 15 is 0 Å². The van der Waals surface area contributed by atoms with E-state index in [1.807, 2.05) is 30.3 Å². The lowest BCUT2D eigenvalue weighted by Gasteiger charge is -2.29. The van der Waals surface area contributed by atoms with E-state index in [1.165, 1.54) is 44.1 Å². The zero-order valence-corrected chi connectivity index (χ0v) is 20.7. The van der Waals surface area contributed by atoms with Gasteiger partial charge in [-0.3, -0.25) is 0 Å². The van der Waals surface area contributed by atoms with Gasteiger partial charge < -0.3 is 5.32 Å². The fraction of sp³-hybridized carbons (Fsp3) is 0.448. The molecular weight excluding hydrogens is 440 g/mol. The Hall–Kier alpha value is -2.21. The summed E-state index contributed by atoms with van der Waals surface area (Å²) in [4.78, 5) is 0.353. The number of nitrogens with one attached hydrogen (secondary N) is 2. The highest BCUT2D eigenvalue weighted by Gasteiger charge is 2.23. The lowest BCUT2D eigenvalue weighted by Crippen LogP contribution is -2.33. The van der Waals surface area contributed by atoms with Gasteiger partial charge in [0.25, 0.3) is 0 Å². The van der Waals surface area contributed by atoms with Gasteiger partial charge in [-0.15, -0.1) is 0 Å². The van der Waals surface area contributed by atoms with Crippen LogP contribution in [0, 0.1) is 11.8 Å². The van der Waals surface area contributed by atoms with Crippen LogP contribution in [0.15, 0.2) is 65.6 Å². The zero-order chi connectivity index (χ0) is 23.4. The molecule has 180 valence electrons. The number of fused-ring (bicyclic) bond motifs is 2. The van der Waals surface area contributed by atoms with E-state index in [4.69, 9.17) is 0 Å². The van der Waals surface area contributed by atoms with Crippen LogP contribution in [0.2, 0.25) is 0 Å². The van der Waals surface area contributed by atoms with Gasteiger partial charge >= 0.3 is 0 Å². The van der Waals surface area contributed by atoms with Crippen molar-refractivity contribution in [3.05, 3.63) is 77.4 Å². The van der Waals surface area contributed by atoms with Gasteiger partial charge in [-0.25, -0.2) is 13.1 Å². The number of hydrogen-bond acceptors (Lipinski definition) is 3. The summed E-state index contributed by atoms with van der Waals surface area (Å²) in [6.07, 6.45) is 9.64. The molecule has 0 atom stereocenters. The summed E-state index contributed by atoms with van der Waals surface area (Å²) in [6.45, 7) is 2.52. The van der Waals surface area contributed by atoms with Crippen molar-refractivity contribution in [2.75, 3.05) is 13.1 Å². The monoisotopic (exact) mass is 476 g/mol. The van der Waals surface area contributed by atoms with Crippen molar-refractivity contribution in [2.45, 2.75) is 62.8 Å². The number of aryl methyl sites for hydroxylation is 2. The molecule has 0 aliphatic heterocycles. The molecule has 0 spiro atoms. The van der Waals surface area contributed by atoms with Crippen LogP contribution < -0.4 is 10.0 Å². The molecule has 5 heteroatoms. The molecule has 4 nitrogen and oxygen atoms in total. The van der Waals surface area contributed by atoms with Crippen LogP contribution in [0.25, 0.3) is 10.8 Å². The van der Waals surface area contributed by atoms with Crippen LogP contribution in [0.5, 0.6) is 0 Å². The van der Waals surface area contributed by atoms with Crippen molar-refractivity contribution < 1.29 is 8.42 Å². The second-order valence-corrected chi connectivity index (χ2v) is 12.0. The molecule has 3 aromatic rings. The number of rotatable bonds is 8. The highest BCUT2D eigenvalue weighted by atomic mass is 32.2. The summed E-state index contributed by atoms with van der Waals surface area (Å²) >= 11 is 0. The summed E-state index contributed by atoms with van der Waals surface area (Å²) in [7, 11) is -3.48. The Morgan fingerprint density at radius 1 is 0.735 bits per heavy atom. The first-order valence-electron chi connectivity index (χ1n) is 12.9. The van der Waals surface area contributed by atoms with Gasteiger partial charge in [0.2, 0.25) is 10.0 Å². The summed E-state index contributed by atoms with van der Waals surface area (Å²) in [5, 5.41) is 5.68. The predicted octanol–water partition coefficient (Wildman–Crippen LogP) is 5.59. The highest BCUT2D eigenvalue weighted by molar-refractivity contribution is 7.89. The van der Waals surface area contributed by atoms with Gasteiger partial charge in [-0.05, 0) is 109 Å². The van der Waals surface area contributed by atoms with Gasteiger partial charge in [-0.1, -0.05) is 48.5 Å². The van der Waals surface area contributed by atoms with Crippen LogP contribution in [0.4, 0.5) is 0 Å². The topological polar surface area (TPSA) is 58.2 Å². The minimum absolute atomic E-state index is 0.353. The smallest absolute Gasteiger partial charge is 0.240 e. The molecule has 2 aliphatic rings. The fourth-order valence-electron chi connectivity index (χ4n) is 5.60. The molecule has 0 amide bonds. The molecule has 1 fully saturated rings. The van der Waals surface area contributed by atoms with Gasteiger partial charge in [0.15, 0.2) is 0 Å². The van der Waals surface area contributed by atoms with Crippen molar-refractivity contribution in [3.63, 3.8) is 0 Å². The molecule has 0 bridgehead atoms. The number of sulfonamides is 1. The molecule has 0 unspecified atom stereocenters. The van der Waals surface area contributed by atoms with Crippen LogP contribution in [-0.4, -0.2) is 21.5 Å². The van der Waals surface area contributed by atoms with Crippen molar-refractivity contribution in [2.24, 2.45) is 11.8 Å². The second kappa shape index (κ2) is 10.6. The first-order valence-corrected chi connectivity index (χ1v) is 14.3. The largest absolute Gasteiger partial charge is 0.312 e. The molecule has 0 heterocycles. The van der Waals surface area contributed by atoms with Crippen molar-refractivity contribution in [3.8, 4) is 0 Å². The predicted molar refractivity (Wildman–Crippen MR) is 139 cm³/mol. The Bertz CT molecular complexity index is 1230. The third-order valence-electron chi connectivity index (χ3n) is 7.73. The van der Waals surface area contributed by atoms with Crippen LogP contribution in [-0.2, 0) is 29.4 Å². The van der Waals surface area contributed by atoms with E-state index in [0.717, 1.165) is 36.7 Å². The lowest BCUT2D eigenvalue weighted by atomic mass is 9.82. The zero-order valence-electron chi connectivity index (χ0n) is 19.9. The third kappa shape index (κ3) is 5.70.